The number of halogens is 2. The van der Waals surface area contributed by atoms with E-state index in [9.17, 15) is 8.78 Å². The summed E-state index contributed by atoms with van der Waals surface area (Å²) in [5.74, 6) is 0.474. The summed E-state index contributed by atoms with van der Waals surface area (Å²) in [6.45, 7) is 2.29. The lowest BCUT2D eigenvalue weighted by Crippen LogP contribution is -2.15. The average Bonchev–Trinajstić information content (AvgIpc) is 2.58. The number of rotatable bonds is 5. The number of hydrogen-bond donors (Lipinski definition) is 0. The van der Waals surface area contributed by atoms with Gasteiger partial charge >= 0.3 is 0 Å². The average molecular weight is 318 g/mol. The molecule has 0 atom stereocenters. The molecule has 0 amide bonds. The van der Waals surface area contributed by atoms with Crippen molar-refractivity contribution in [3.05, 3.63) is 40.5 Å². The minimum Gasteiger partial charge on any atom is -0.204 e. The second-order valence-corrected chi connectivity index (χ2v) is 7.45. The number of benzene rings is 1. The predicted molar refractivity (Wildman–Crippen MR) is 92.2 cm³/mol. The zero-order chi connectivity index (χ0) is 16.2. The van der Waals surface area contributed by atoms with E-state index >= 15 is 0 Å². The Morgan fingerprint density at radius 2 is 1.65 bits per heavy atom. The van der Waals surface area contributed by atoms with Crippen LogP contribution >= 0.6 is 0 Å². The molecule has 1 aromatic carbocycles. The Morgan fingerprint density at radius 3 is 2.35 bits per heavy atom. The fraction of sp³-hybridized carbons (Fsp3) is 0.619. The highest BCUT2D eigenvalue weighted by atomic mass is 19.2. The molecule has 0 spiro atoms. The maximum atomic E-state index is 13.8. The predicted octanol–water partition coefficient (Wildman–Crippen LogP) is 6.68. The Bertz CT molecular complexity index is 565. The van der Waals surface area contributed by atoms with E-state index in [4.69, 9.17) is 0 Å². The van der Waals surface area contributed by atoms with E-state index in [0.29, 0.717) is 12.0 Å². The monoisotopic (exact) mass is 318 g/mol. The van der Waals surface area contributed by atoms with Crippen molar-refractivity contribution in [1.29, 1.82) is 0 Å². The molecule has 2 aliphatic carbocycles. The summed E-state index contributed by atoms with van der Waals surface area (Å²) in [5.41, 5.74) is 2.87. The van der Waals surface area contributed by atoms with Gasteiger partial charge in [0.15, 0.2) is 11.6 Å². The Labute approximate surface area is 139 Å². The quantitative estimate of drug-likeness (QED) is 0.568. The first-order chi connectivity index (χ1) is 11.2. The van der Waals surface area contributed by atoms with Crippen molar-refractivity contribution in [2.45, 2.75) is 71.1 Å². The van der Waals surface area contributed by atoms with Crippen LogP contribution in [0.25, 0.3) is 6.08 Å². The van der Waals surface area contributed by atoms with Gasteiger partial charge in [0.25, 0.3) is 0 Å². The first-order valence-corrected chi connectivity index (χ1v) is 9.33. The van der Waals surface area contributed by atoms with Gasteiger partial charge in [0, 0.05) is 0 Å². The van der Waals surface area contributed by atoms with Crippen molar-refractivity contribution >= 4 is 6.08 Å². The Morgan fingerprint density at radius 1 is 0.957 bits per heavy atom. The summed E-state index contributed by atoms with van der Waals surface area (Å²) < 4.78 is 27.1. The van der Waals surface area contributed by atoms with Crippen LogP contribution in [0.4, 0.5) is 8.78 Å². The first-order valence-electron chi connectivity index (χ1n) is 9.33. The van der Waals surface area contributed by atoms with E-state index in [1.807, 2.05) is 0 Å². The number of allylic oxidation sites excluding steroid dienone is 1. The highest BCUT2D eigenvalue weighted by molar-refractivity contribution is 5.59. The van der Waals surface area contributed by atoms with Crippen LogP contribution in [0.1, 0.15) is 75.8 Å². The first kappa shape index (κ1) is 16.7. The smallest absolute Gasteiger partial charge is 0.162 e. The summed E-state index contributed by atoms with van der Waals surface area (Å²) in [4.78, 5) is 0. The highest BCUT2D eigenvalue weighted by Crippen LogP contribution is 2.36. The molecule has 1 fully saturated rings. The highest BCUT2D eigenvalue weighted by Gasteiger charge is 2.22. The van der Waals surface area contributed by atoms with Crippen molar-refractivity contribution in [3.63, 3.8) is 0 Å². The molecule has 0 radical (unpaired) electrons. The van der Waals surface area contributed by atoms with Gasteiger partial charge in [0.05, 0.1) is 0 Å². The third kappa shape index (κ3) is 4.02. The van der Waals surface area contributed by atoms with Crippen LogP contribution in [0, 0.1) is 23.5 Å². The van der Waals surface area contributed by atoms with Crippen LogP contribution in [0.3, 0.4) is 0 Å². The van der Waals surface area contributed by atoms with Crippen LogP contribution in [-0.2, 0) is 6.42 Å². The van der Waals surface area contributed by atoms with Crippen molar-refractivity contribution in [3.8, 4) is 0 Å². The van der Waals surface area contributed by atoms with Gasteiger partial charge in [0.1, 0.15) is 0 Å². The third-order valence-corrected chi connectivity index (χ3v) is 5.83. The molecule has 23 heavy (non-hydrogen) atoms. The molecule has 0 aliphatic heterocycles. The van der Waals surface area contributed by atoms with Gasteiger partial charge in [-0.3, -0.25) is 0 Å². The van der Waals surface area contributed by atoms with Gasteiger partial charge in [-0.05, 0) is 54.7 Å². The summed E-state index contributed by atoms with van der Waals surface area (Å²) in [5, 5.41) is 0. The van der Waals surface area contributed by atoms with E-state index in [0.717, 1.165) is 30.2 Å². The molecule has 0 bridgehead atoms. The molecule has 0 N–H and O–H groups in total. The lowest BCUT2D eigenvalue weighted by Gasteiger charge is -2.29. The van der Waals surface area contributed by atoms with Crippen molar-refractivity contribution in [2.75, 3.05) is 0 Å². The molecule has 2 heteroatoms. The molecule has 2 aliphatic rings. The molecular formula is C21H28F2. The Kier molecular flexibility index (Phi) is 5.50. The summed E-state index contributed by atoms with van der Waals surface area (Å²) >= 11 is 0. The van der Waals surface area contributed by atoms with Crippen molar-refractivity contribution in [2.24, 2.45) is 11.8 Å². The van der Waals surface area contributed by atoms with Gasteiger partial charge in [-0.2, -0.15) is 0 Å². The minimum atomic E-state index is -0.718. The molecule has 1 aromatic rings. The van der Waals surface area contributed by atoms with Gasteiger partial charge < -0.3 is 0 Å². The van der Waals surface area contributed by atoms with Crippen LogP contribution in [-0.4, -0.2) is 0 Å². The molecule has 1 saturated carbocycles. The largest absolute Gasteiger partial charge is 0.204 e. The normalized spacial score (nSPS) is 24.2. The molecule has 0 saturated heterocycles. The molecule has 3 rings (SSSR count). The number of fused-ring (bicyclic) bond motifs is 1. The van der Waals surface area contributed by atoms with E-state index in [2.05, 4.69) is 13.0 Å². The third-order valence-electron chi connectivity index (χ3n) is 5.83. The lowest BCUT2D eigenvalue weighted by molar-refractivity contribution is 0.252. The fourth-order valence-electron chi connectivity index (χ4n) is 4.38. The van der Waals surface area contributed by atoms with Crippen molar-refractivity contribution < 1.29 is 8.78 Å². The molecule has 126 valence electrons. The van der Waals surface area contributed by atoms with Gasteiger partial charge in [-0.1, -0.05) is 63.2 Å². The second kappa shape index (κ2) is 7.59. The summed E-state index contributed by atoms with van der Waals surface area (Å²) in [6, 6.07) is 2.98. The molecular weight excluding hydrogens is 290 g/mol. The summed E-state index contributed by atoms with van der Waals surface area (Å²) in [7, 11) is 0. The van der Waals surface area contributed by atoms with Crippen LogP contribution < -0.4 is 0 Å². The molecule has 0 heterocycles. The van der Waals surface area contributed by atoms with Crippen LogP contribution in [0.15, 0.2) is 17.7 Å². The fourth-order valence-corrected chi connectivity index (χ4v) is 4.38. The van der Waals surface area contributed by atoms with Crippen LogP contribution in [0.5, 0.6) is 0 Å². The van der Waals surface area contributed by atoms with E-state index in [1.54, 1.807) is 6.07 Å². The van der Waals surface area contributed by atoms with Crippen molar-refractivity contribution in [1.82, 2.24) is 0 Å². The second-order valence-electron chi connectivity index (χ2n) is 7.45. The Balaban J connectivity index is 1.53. The summed E-state index contributed by atoms with van der Waals surface area (Å²) in [6.07, 6.45) is 14.3. The minimum absolute atomic E-state index is 0.564. The Hall–Kier alpha value is -1.18. The zero-order valence-corrected chi connectivity index (χ0v) is 14.2. The van der Waals surface area contributed by atoms with E-state index in [1.165, 1.54) is 56.6 Å². The van der Waals surface area contributed by atoms with Crippen LogP contribution in [0.2, 0.25) is 0 Å². The van der Waals surface area contributed by atoms with E-state index in [-0.39, 0.29) is 0 Å². The maximum Gasteiger partial charge on any atom is 0.162 e. The van der Waals surface area contributed by atoms with Gasteiger partial charge in [-0.25, -0.2) is 8.78 Å². The molecule has 0 aromatic heterocycles. The van der Waals surface area contributed by atoms with Gasteiger partial charge in [0.2, 0.25) is 0 Å². The zero-order valence-electron chi connectivity index (χ0n) is 14.2. The topological polar surface area (TPSA) is 0 Å². The SMILES string of the molecule is CCCC1CCC(CCC2=Cc3ccc(F)c(F)c3CC2)CC1. The molecule has 0 nitrogen and oxygen atoms in total. The van der Waals surface area contributed by atoms with Gasteiger partial charge in [-0.15, -0.1) is 0 Å². The molecule has 0 unspecified atom stereocenters. The number of hydrogen-bond acceptors (Lipinski definition) is 0. The lowest BCUT2D eigenvalue weighted by atomic mass is 9.77. The maximum absolute atomic E-state index is 13.8. The van der Waals surface area contributed by atoms with E-state index < -0.39 is 11.6 Å². The standard InChI is InChI=1S/C21H28F2/c1-2-3-15-4-6-16(7-5-15)8-9-17-10-12-19-18(14-17)11-13-20(22)21(19)23/h11,13-16H,2-10,12H2,1H3.